The van der Waals surface area contributed by atoms with Gasteiger partial charge in [-0.15, -0.1) is 0 Å². The van der Waals surface area contributed by atoms with Crippen molar-refractivity contribution in [3.8, 4) is 0 Å². The Morgan fingerprint density at radius 2 is 0.606 bits per heavy atom. The molecule has 0 amide bonds. The molecule has 0 saturated carbocycles. The fourth-order valence-corrected chi connectivity index (χ4v) is 13.0. The van der Waals surface area contributed by atoms with Gasteiger partial charge in [0.05, 0.1) is 11.1 Å². The van der Waals surface area contributed by atoms with Gasteiger partial charge in [0, 0.05) is 25.7 Å². The number of esters is 6. The van der Waals surface area contributed by atoms with Crippen LogP contribution >= 0.6 is 0 Å². The van der Waals surface area contributed by atoms with E-state index in [0.29, 0.717) is 30.6 Å². The van der Waals surface area contributed by atoms with Crippen molar-refractivity contribution in [2.75, 3.05) is 13.2 Å². The number of aliphatic hydroxyl groups is 1. The van der Waals surface area contributed by atoms with Crippen LogP contribution in [0.25, 0.3) is 0 Å². The highest BCUT2D eigenvalue weighted by Gasteiger charge is 2.43. The molecule has 0 spiro atoms. The summed E-state index contributed by atoms with van der Waals surface area (Å²) in [6, 6.07) is 9.65. The third-order valence-electron chi connectivity index (χ3n) is 19.6. The molecule has 14 nitrogen and oxygen atoms in total. The van der Waals surface area contributed by atoms with Gasteiger partial charge in [0.2, 0.25) is 0 Å². The number of hydrogen-bond donors (Lipinski definition) is 1. The van der Waals surface area contributed by atoms with E-state index in [1.54, 1.807) is 6.92 Å². The average Bonchev–Trinajstić information content (AvgIpc) is 1.69. The van der Waals surface area contributed by atoms with E-state index in [-0.39, 0.29) is 61.9 Å². The van der Waals surface area contributed by atoms with Crippen molar-refractivity contribution in [3.05, 3.63) is 58.6 Å². The Hall–Kier alpha value is -4.88. The molecule has 4 atom stereocenters. The summed E-state index contributed by atoms with van der Waals surface area (Å²) in [7, 11) is 0. The maximum atomic E-state index is 13.1. The number of benzene rings is 1. The zero-order valence-electron chi connectivity index (χ0n) is 64.2. The standard InChI is InChI=1S/C46H76O7.C39H70O7/c1-4-6-8-10-12-14-16-18-20-22-24-26-31-35-42(47)50-38-41(45-44(39(3)46(49)53-45)51-37-40-33-29-28-30-34-40)52-43(48)36-32-27-25-23-21-19-17-15-13-11-9-7-5-2;1-4-6-8-10-12-14-16-18-20-22-24-26-28-30-35(40)44-32-34(38-37(42)33(3)39(43)46-38)45-36(41)31-29-27-25-23-21-19-17-15-13-11-9-7-5-2/h28-30,33-34,41,45H,4-27,31-32,35-38H2,1-3H3;34,38,42H,4-32H2,1-3H3/t41-,45+;34-,38+/m00/s1. The molecular weight excluding hydrogens is 1240 g/mol. The Balaban J connectivity index is 0.000000681. The highest BCUT2D eigenvalue weighted by molar-refractivity contribution is 5.91. The van der Waals surface area contributed by atoms with Crippen LogP contribution < -0.4 is 0 Å². The minimum absolute atomic E-state index is 0.0841. The molecule has 99 heavy (non-hydrogen) atoms. The third kappa shape index (κ3) is 48.6. The topological polar surface area (TPSA) is 187 Å². The van der Waals surface area contributed by atoms with E-state index in [1.165, 1.54) is 264 Å². The lowest BCUT2D eigenvalue weighted by Gasteiger charge is -2.25. The van der Waals surface area contributed by atoms with Crippen LogP contribution in [0, 0.1) is 0 Å². The summed E-state index contributed by atoms with van der Waals surface area (Å²) < 4.78 is 39.6. The monoisotopic (exact) mass is 1390 g/mol. The lowest BCUT2D eigenvalue weighted by Crippen LogP contribution is -2.38. The second-order valence-corrected chi connectivity index (χ2v) is 28.8. The molecule has 1 N–H and O–H groups in total. The second-order valence-electron chi connectivity index (χ2n) is 28.8. The number of aliphatic hydroxyl groups excluding tert-OH is 1. The summed E-state index contributed by atoms with van der Waals surface area (Å²) in [5.74, 6) is -2.64. The molecule has 1 aromatic carbocycles. The molecule has 0 bridgehead atoms. The first kappa shape index (κ1) is 90.2. The lowest BCUT2D eigenvalue weighted by atomic mass is 10.0. The van der Waals surface area contributed by atoms with E-state index in [2.05, 4.69) is 27.7 Å². The molecule has 2 aliphatic rings. The molecule has 0 fully saturated rings. The first-order valence-corrected chi connectivity index (χ1v) is 41.3. The van der Waals surface area contributed by atoms with E-state index in [1.807, 2.05) is 30.3 Å². The first-order valence-electron chi connectivity index (χ1n) is 41.3. The number of carbonyl (C=O) groups excluding carboxylic acids is 6. The third-order valence-corrected chi connectivity index (χ3v) is 19.6. The predicted octanol–water partition coefficient (Wildman–Crippen LogP) is 24.0. The van der Waals surface area contributed by atoms with Crippen LogP contribution in [0.4, 0.5) is 0 Å². The zero-order chi connectivity index (χ0) is 71.9. The van der Waals surface area contributed by atoms with Gasteiger partial charge in [0.15, 0.2) is 30.2 Å². The van der Waals surface area contributed by atoms with Crippen LogP contribution in [0.1, 0.15) is 407 Å². The summed E-state index contributed by atoms with van der Waals surface area (Å²) in [4.78, 5) is 75.6. The smallest absolute Gasteiger partial charge is 0.338 e. The Labute approximate surface area is 603 Å². The summed E-state index contributed by atoms with van der Waals surface area (Å²) in [6.45, 7) is 11.9. The maximum absolute atomic E-state index is 13.1. The van der Waals surface area contributed by atoms with Crippen molar-refractivity contribution in [2.24, 2.45) is 0 Å². The van der Waals surface area contributed by atoms with Gasteiger partial charge in [-0.05, 0) is 45.1 Å². The minimum Gasteiger partial charge on any atom is -0.508 e. The molecule has 14 heteroatoms. The Bertz CT molecular complexity index is 2240. The normalized spacial score (nSPS) is 15.0. The molecule has 0 radical (unpaired) electrons. The van der Waals surface area contributed by atoms with Crippen molar-refractivity contribution in [2.45, 2.75) is 432 Å². The van der Waals surface area contributed by atoms with E-state index >= 15 is 0 Å². The number of rotatable bonds is 67. The Morgan fingerprint density at radius 3 is 0.889 bits per heavy atom. The Kier molecular flexibility index (Phi) is 58.3. The van der Waals surface area contributed by atoms with Crippen LogP contribution in [-0.2, 0) is 68.5 Å². The number of carbonyl (C=O) groups is 6. The van der Waals surface area contributed by atoms with Crippen molar-refractivity contribution in [3.63, 3.8) is 0 Å². The van der Waals surface area contributed by atoms with Gasteiger partial charge in [-0.2, -0.15) is 0 Å². The lowest BCUT2D eigenvalue weighted by molar-refractivity contribution is -0.171. The molecule has 0 saturated heterocycles. The van der Waals surface area contributed by atoms with Crippen molar-refractivity contribution in [1.82, 2.24) is 0 Å². The molecule has 1 aromatic rings. The fraction of sp³-hybridized carbons (Fsp3) is 0.812. The average molecular weight is 1390 g/mol. The molecule has 0 aliphatic carbocycles. The van der Waals surface area contributed by atoms with Gasteiger partial charge < -0.3 is 38.3 Å². The van der Waals surface area contributed by atoms with Crippen LogP contribution in [0.15, 0.2) is 53.0 Å². The zero-order valence-corrected chi connectivity index (χ0v) is 64.2. The molecule has 570 valence electrons. The minimum atomic E-state index is -1.15. The number of hydrogen-bond acceptors (Lipinski definition) is 14. The van der Waals surface area contributed by atoms with Crippen molar-refractivity contribution < 1.29 is 67.0 Å². The van der Waals surface area contributed by atoms with Crippen molar-refractivity contribution in [1.29, 1.82) is 0 Å². The molecule has 2 aliphatic heterocycles. The maximum Gasteiger partial charge on any atom is 0.338 e. The Morgan fingerprint density at radius 1 is 0.354 bits per heavy atom. The van der Waals surface area contributed by atoms with Gasteiger partial charge >= 0.3 is 35.8 Å². The van der Waals surface area contributed by atoms with E-state index in [4.69, 9.17) is 33.2 Å². The summed E-state index contributed by atoms with van der Waals surface area (Å²) in [5.41, 5.74) is 1.36. The molecular formula is C85H146O14. The van der Waals surface area contributed by atoms with Gasteiger partial charge in [-0.25, -0.2) is 9.59 Å². The van der Waals surface area contributed by atoms with Crippen LogP contribution in [-0.4, -0.2) is 78.6 Å². The number of unbranched alkanes of at least 4 members (excludes halogenated alkanes) is 48. The van der Waals surface area contributed by atoms with E-state index < -0.39 is 42.3 Å². The number of ether oxygens (including phenoxy) is 7. The summed E-state index contributed by atoms with van der Waals surface area (Å²) in [6.07, 6.45) is 60.9. The molecule has 0 unspecified atom stereocenters. The van der Waals surface area contributed by atoms with E-state index in [9.17, 15) is 33.9 Å². The first-order chi connectivity index (χ1) is 48.4. The second kappa shape index (κ2) is 64.0. The quantitative estimate of drug-likeness (QED) is 0.0369. The van der Waals surface area contributed by atoms with Gasteiger partial charge in [0.1, 0.15) is 25.6 Å². The van der Waals surface area contributed by atoms with Crippen molar-refractivity contribution >= 4 is 35.8 Å². The van der Waals surface area contributed by atoms with E-state index in [0.717, 1.165) is 76.2 Å². The van der Waals surface area contributed by atoms with Gasteiger partial charge in [-0.1, -0.05) is 366 Å². The van der Waals surface area contributed by atoms with Crippen LogP contribution in [0.5, 0.6) is 0 Å². The highest BCUT2D eigenvalue weighted by atomic mass is 16.6. The van der Waals surface area contributed by atoms with Crippen LogP contribution in [0.2, 0.25) is 0 Å². The van der Waals surface area contributed by atoms with Gasteiger partial charge in [-0.3, -0.25) is 19.2 Å². The number of cyclic esters (lactones) is 2. The molecule has 3 rings (SSSR count). The predicted molar refractivity (Wildman–Crippen MR) is 402 cm³/mol. The summed E-state index contributed by atoms with van der Waals surface area (Å²) in [5, 5.41) is 10.4. The molecule has 0 aromatic heterocycles. The largest absolute Gasteiger partial charge is 0.508 e. The summed E-state index contributed by atoms with van der Waals surface area (Å²) >= 11 is 0. The SMILES string of the molecule is CCCCCCCCCCCCCCCC(=O)OC[C@H](OC(=O)CCCCCCCCCCCCCCC)[C@H]1OC(=O)C(C)=C1O.CCCCCCCCCCCCCCCC(=O)OC[C@H](OC(=O)CCCCCCCCCCCCCCC)[C@H]1OC(=O)C(C)=C1OCc1ccccc1. The van der Waals surface area contributed by atoms with Crippen LogP contribution in [0.3, 0.4) is 0 Å². The fourth-order valence-electron chi connectivity index (χ4n) is 13.0. The van der Waals surface area contributed by atoms with Gasteiger partial charge in [0.25, 0.3) is 0 Å². The highest BCUT2D eigenvalue weighted by Crippen LogP contribution is 2.30. The molecule has 2 heterocycles.